The standard InChI is InChI=1S/C72H140O6/c1-4-7-10-13-16-19-22-24-26-28-30-32-33-34-35-36-37-38-39-41-42-44-46-48-50-53-56-59-62-65-71(74)77-68-69(67-76-70(73)64-61-58-55-52-21-18-15-12-9-6-3)78-72(75)66-63-60-57-54-51-49-47-45-43-40-31-29-27-25-23-20-17-14-11-8-5-2/h69H,4-68H2,1-3H3. The number of unbranched alkanes of at least 4 members (excludes halogenated alkanes) is 57. The van der Waals surface area contributed by atoms with Crippen molar-refractivity contribution in [3.63, 3.8) is 0 Å². The molecule has 0 amide bonds. The Bertz CT molecular complexity index is 1170. The van der Waals surface area contributed by atoms with Gasteiger partial charge < -0.3 is 14.2 Å². The molecular formula is C72H140O6. The maximum absolute atomic E-state index is 12.9. The molecule has 0 rings (SSSR count). The Morgan fingerprint density at radius 2 is 0.346 bits per heavy atom. The Morgan fingerprint density at radius 3 is 0.513 bits per heavy atom. The first kappa shape index (κ1) is 76.4. The monoisotopic (exact) mass is 1100 g/mol. The van der Waals surface area contributed by atoms with Crippen LogP contribution in [0.4, 0.5) is 0 Å². The third-order valence-corrected chi connectivity index (χ3v) is 16.9. The maximum Gasteiger partial charge on any atom is 0.306 e. The molecule has 1 unspecified atom stereocenters. The van der Waals surface area contributed by atoms with Gasteiger partial charge in [0.15, 0.2) is 6.10 Å². The van der Waals surface area contributed by atoms with Crippen LogP contribution in [-0.4, -0.2) is 37.2 Å². The molecule has 0 aromatic carbocycles. The largest absolute Gasteiger partial charge is 0.462 e. The molecular weight excluding hydrogens is 961 g/mol. The van der Waals surface area contributed by atoms with Gasteiger partial charge in [0.2, 0.25) is 0 Å². The van der Waals surface area contributed by atoms with Crippen LogP contribution in [0.5, 0.6) is 0 Å². The van der Waals surface area contributed by atoms with Crippen molar-refractivity contribution in [3.05, 3.63) is 0 Å². The van der Waals surface area contributed by atoms with E-state index < -0.39 is 6.10 Å². The summed E-state index contributed by atoms with van der Waals surface area (Å²) in [5, 5.41) is 0. The summed E-state index contributed by atoms with van der Waals surface area (Å²) in [6.45, 7) is 6.73. The molecule has 6 heteroatoms. The number of carbonyl (C=O) groups excluding carboxylic acids is 3. The van der Waals surface area contributed by atoms with Crippen molar-refractivity contribution in [2.75, 3.05) is 13.2 Å². The molecule has 0 heterocycles. The highest BCUT2D eigenvalue weighted by Crippen LogP contribution is 2.20. The number of hydrogen-bond acceptors (Lipinski definition) is 6. The predicted molar refractivity (Wildman–Crippen MR) is 340 cm³/mol. The van der Waals surface area contributed by atoms with Crippen LogP contribution in [0.3, 0.4) is 0 Å². The fraction of sp³-hybridized carbons (Fsp3) is 0.958. The third kappa shape index (κ3) is 65.2. The van der Waals surface area contributed by atoms with Gasteiger partial charge in [-0.2, -0.15) is 0 Å². The summed E-state index contributed by atoms with van der Waals surface area (Å²) in [5.74, 6) is -0.824. The van der Waals surface area contributed by atoms with E-state index in [1.807, 2.05) is 0 Å². The first-order chi connectivity index (χ1) is 38.5. The average molecular weight is 1100 g/mol. The number of carbonyl (C=O) groups is 3. The molecule has 1 atom stereocenters. The van der Waals surface area contributed by atoms with Crippen LogP contribution in [0, 0.1) is 0 Å². The van der Waals surface area contributed by atoms with Crippen LogP contribution in [0.2, 0.25) is 0 Å². The van der Waals surface area contributed by atoms with Gasteiger partial charge in [-0.1, -0.05) is 387 Å². The molecule has 0 aliphatic carbocycles. The summed E-state index contributed by atoms with van der Waals surface area (Å²) in [5.41, 5.74) is 0. The molecule has 78 heavy (non-hydrogen) atoms. The highest BCUT2D eigenvalue weighted by atomic mass is 16.6. The molecule has 0 saturated heterocycles. The van der Waals surface area contributed by atoms with Crippen LogP contribution in [0.1, 0.15) is 425 Å². The van der Waals surface area contributed by atoms with E-state index in [1.165, 1.54) is 327 Å². The molecule has 0 N–H and O–H groups in total. The molecule has 0 radical (unpaired) electrons. The van der Waals surface area contributed by atoms with E-state index in [-0.39, 0.29) is 31.1 Å². The number of hydrogen-bond donors (Lipinski definition) is 0. The predicted octanol–water partition coefficient (Wildman–Crippen LogP) is 24.6. The second kappa shape index (κ2) is 67.9. The molecule has 6 nitrogen and oxygen atoms in total. The zero-order valence-electron chi connectivity index (χ0n) is 53.5. The molecule has 0 bridgehead atoms. The molecule has 0 aromatic heterocycles. The van der Waals surface area contributed by atoms with Crippen molar-refractivity contribution in [1.82, 2.24) is 0 Å². The minimum absolute atomic E-state index is 0.0605. The zero-order chi connectivity index (χ0) is 56.4. The van der Waals surface area contributed by atoms with Crippen LogP contribution in [0.25, 0.3) is 0 Å². The van der Waals surface area contributed by atoms with Crippen LogP contribution in [0.15, 0.2) is 0 Å². The molecule has 464 valence electrons. The van der Waals surface area contributed by atoms with Gasteiger partial charge in [-0.3, -0.25) is 14.4 Å². The van der Waals surface area contributed by atoms with Gasteiger partial charge in [-0.25, -0.2) is 0 Å². The lowest BCUT2D eigenvalue weighted by Crippen LogP contribution is -2.30. The summed E-state index contributed by atoms with van der Waals surface area (Å²) in [4.78, 5) is 38.3. The summed E-state index contributed by atoms with van der Waals surface area (Å²) >= 11 is 0. The lowest BCUT2D eigenvalue weighted by atomic mass is 10.0. The van der Waals surface area contributed by atoms with Crippen LogP contribution >= 0.6 is 0 Å². The normalized spacial score (nSPS) is 11.9. The SMILES string of the molecule is CCCCCCCCCCCCCCCCCCCCCCCCCCCCCCCC(=O)OCC(COC(=O)CCCCCCCCCCCC)OC(=O)CCCCCCCCCCCCCCCCCCCCCCC. The summed E-state index contributed by atoms with van der Waals surface area (Å²) in [6.07, 6.45) is 80.1. The smallest absolute Gasteiger partial charge is 0.306 e. The van der Waals surface area contributed by atoms with Gasteiger partial charge in [0, 0.05) is 19.3 Å². The van der Waals surface area contributed by atoms with E-state index in [0.29, 0.717) is 19.3 Å². The third-order valence-electron chi connectivity index (χ3n) is 16.9. The molecule has 0 aromatic rings. The van der Waals surface area contributed by atoms with Crippen LogP contribution in [-0.2, 0) is 28.6 Å². The minimum atomic E-state index is -0.762. The minimum Gasteiger partial charge on any atom is -0.462 e. The lowest BCUT2D eigenvalue weighted by molar-refractivity contribution is -0.167. The van der Waals surface area contributed by atoms with E-state index in [4.69, 9.17) is 14.2 Å². The van der Waals surface area contributed by atoms with E-state index in [9.17, 15) is 14.4 Å². The fourth-order valence-electron chi connectivity index (χ4n) is 11.5. The molecule has 0 aliphatic rings. The first-order valence-corrected chi connectivity index (χ1v) is 36.0. The van der Waals surface area contributed by atoms with Crippen molar-refractivity contribution >= 4 is 17.9 Å². The van der Waals surface area contributed by atoms with Crippen molar-refractivity contribution in [2.45, 2.75) is 431 Å². The summed E-state index contributed by atoms with van der Waals surface area (Å²) in [6, 6.07) is 0. The van der Waals surface area contributed by atoms with Gasteiger partial charge in [-0.05, 0) is 19.3 Å². The number of esters is 3. The molecule has 0 spiro atoms. The van der Waals surface area contributed by atoms with Gasteiger partial charge in [0.25, 0.3) is 0 Å². The van der Waals surface area contributed by atoms with Crippen molar-refractivity contribution in [3.8, 4) is 0 Å². The topological polar surface area (TPSA) is 78.9 Å². The van der Waals surface area contributed by atoms with Gasteiger partial charge >= 0.3 is 17.9 Å². The first-order valence-electron chi connectivity index (χ1n) is 36.0. The average Bonchev–Trinajstić information content (AvgIpc) is 3.44. The molecule has 0 saturated carbocycles. The lowest BCUT2D eigenvalue weighted by Gasteiger charge is -2.18. The fourth-order valence-corrected chi connectivity index (χ4v) is 11.5. The zero-order valence-corrected chi connectivity index (χ0v) is 53.5. The van der Waals surface area contributed by atoms with E-state index in [0.717, 1.165) is 57.8 Å². The van der Waals surface area contributed by atoms with E-state index >= 15 is 0 Å². The second-order valence-electron chi connectivity index (χ2n) is 24.9. The van der Waals surface area contributed by atoms with Crippen molar-refractivity contribution in [1.29, 1.82) is 0 Å². The van der Waals surface area contributed by atoms with Gasteiger partial charge in [0.1, 0.15) is 13.2 Å². The molecule has 0 aliphatic heterocycles. The van der Waals surface area contributed by atoms with Crippen molar-refractivity contribution < 1.29 is 28.6 Å². The Labute approximate surface area is 488 Å². The maximum atomic E-state index is 12.9. The van der Waals surface area contributed by atoms with E-state index in [2.05, 4.69) is 20.8 Å². The van der Waals surface area contributed by atoms with E-state index in [1.54, 1.807) is 0 Å². The Morgan fingerprint density at radius 1 is 0.205 bits per heavy atom. The highest BCUT2D eigenvalue weighted by Gasteiger charge is 2.20. The van der Waals surface area contributed by atoms with Crippen molar-refractivity contribution in [2.24, 2.45) is 0 Å². The second-order valence-corrected chi connectivity index (χ2v) is 24.9. The summed E-state index contributed by atoms with van der Waals surface area (Å²) < 4.78 is 17.0. The van der Waals surface area contributed by atoms with Crippen LogP contribution < -0.4 is 0 Å². The number of rotatable bonds is 68. The highest BCUT2D eigenvalue weighted by molar-refractivity contribution is 5.71. The number of ether oxygens (including phenoxy) is 3. The van der Waals surface area contributed by atoms with Gasteiger partial charge in [-0.15, -0.1) is 0 Å². The Balaban J connectivity index is 4.07. The molecule has 0 fully saturated rings. The Kier molecular flexibility index (Phi) is 66.5. The van der Waals surface area contributed by atoms with Gasteiger partial charge in [0.05, 0.1) is 0 Å². The summed E-state index contributed by atoms with van der Waals surface area (Å²) in [7, 11) is 0. The Hall–Kier alpha value is -1.59. The quantitative estimate of drug-likeness (QED) is 0.0343.